The molecule has 0 aliphatic rings. The molecule has 0 aliphatic heterocycles. The van der Waals surface area contributed by atoms with Gasteiger partial charge in [-0.1, -0.05) is 91.0 Å². The van der Waals surface area contributed by atoms with Crippen molar-refractivity contribution in [1.29, 1.82) is 0 Å². The van der Waals surface area contributed by atoms with Gasteiger partial charge in [0.25, 0.3) is 0 Å². The van der Waals surface area contributed by atoms with Gasteiger partial charge in [-0.25, -0.2) is 0 Å². The average molecular weight is 591 g/mol. The maximum absolute atomic E-state index is 2.44. The summed E-state index contributed by atoms with van der Waals surface area (Å²) < 4.78 is 7.49. The van der Waals surface area contributed by atoms with Crippen molar-refractivity contribution < 1.29 is 0 Å². The van der Waals surface area contributed by atoms with Crippen LogP contribution in [0.5, 0.6) is 0 Å². The lowest BCUT2D eigenvalue weighted by Crippen LogP contribution is -1.94. The Balaban J connectivity index is 1.19. The van der Waals surface area contributed by atoms with Crippen molar-refractivity contribution in [3.05, 3.63) is 158 Å². The lowest BCUT2D eigenvalue weighted by molar-refractivity contribution is 1.18. The monoisotopic (exact) mass is 590 g/mol. The summed E-state index contributed by atoms with van der Waals surface area (Å²) in [5.74, 6) is 0. The van der Waals surface area contributed by atoms with Crippen LogP contribution in [0.2, 0.25) is 0 Å². The van der Waals surface area contributed by atoms with Crippen molar-refractivity contribution in [1.82, 2.24) is 9.13 Å². The summed E-state index contributed by atoms with van der Waals surface area (Å²) in [7, 11) is 0. The van der Waals surface area contributed by atoms with Gasteiger partial charge in [0.15, 0.2) is 0 Å². The molecule has 0 unspecified atom stereocenters. The minimum Gasteiger partial charge on any atom is -0.309 e. The molecule has 3 heterocycles. The van der Waals surface area contributed by atoms with Gasteiger partial charge in [0.1, 0.15) is 0 Å². The van der Waals surface area contributed by atoms with Crippen molar-refractivity contribution in [2.24, 2.45) is 0 Å². The van der Waals surface area contributed by atoms with Gasteiger partial charge in [-0.15, -0.1) is 11.3 Å². The third kappa shape index (κ3) is 3.62. The fourth-order valence-corrected chi connectivity index (χ4v) is 8.42. The molecular formula is C42H26N2S. The first-order chi connectivity index (χ1) is 22.3. The Bertz CT molecular complexity index is 2760. The van der Waals surface area contributed by atoms with Crippen LogP contribution in [-0.2, 0) is 0 Å². The van der Waals surface area contributed by atoms with Gasteiger partial charge in [-0.05, 0) is 77.9 Å². The normalized spacial score (nSPS) is 12.0. The van der Waals surface area contributed by atoms with Crippen molar-refractivity contribution in [3.8, 4) is 22.5 Å². The number of thiophene rings is 1. The molecule has 45 heavy (non-hydrogen) atoms. The highest BCUT2D eigenvalue weighted by molar-refractivity contribution is 7.25. The molecule has 0 amide bonds. The Labute approximate surface area is 263 Å². The van der Waals surface area contributed by atoms with Gasteiger partial charge < -0.3 is 9.13 Å². The van der Waals surface area contributed by atoms with Crippen molar-refractivity contribution in [2.45, 2.75) is 0 Å². The molecule has 3 heteroatoms. The van der Waals surface area contributed by atoms with Crippen molar-refractivity contribution in [3.63, 3.8) is 0 Å². The van der Waals surface area contributed by atoms with Crippen molar-refractivity contribution in [2.75, 3.05) is 0 Å². The molecule has 3 aromatic heterocycles. The molecule has 0 N–H and O–H groups in total. The summed E-state index contributed by atoms with van der Waals surface area (Å²) in [4.78, 5) is 0. The molecule has 10 aromatic rings. The number of nitrogens with zero attached hydrogens (tertiary/aromatic N) is 2. The molecule has 0 spiro atoms. The fourth-order valence-electron chi connectivity index (χ4n) is 7.30. The second-order valence-corrected chi connectivity index (χ2v) is 12.9. The van der Waals surface area contributed by atoms with Crippen LogP contribution in [-0.4, -0.2) is 9.13 Å². The molecule has 2 nitrogen and oxygen atoms in total. The van der Waals surface area contributed by atoms with Crippen LogP contribution < -0.4 is 0 Å². The molecule has 0 bridgehead atoms. The van der Waals surface area contributed by atoms with E-state index in [2.05, 4.69) is 167 Å². The Morgan fingerprint density at radius 3 is 1.71 bits per heavy atom. The van der Waals surface area contributed by atoms with E-state index >= 15 is 0 Å². The lowest BCUT2D eigenvalue weighted by atomic mass is 10.0. The van der Waals surface area contributed by atoms with Crippen LogP contribution in [0.3, 0.4) is 0 Å². The number of hydrogen-bond donors (Lipinski definition) is 0. The number of aromatic nitrogens is 2. The highest BCUT2D eigenvalue weighted by Gasteiger charge is 2.17. The Morgan fingerprint density at radius 2 is 0.911 bits per heavy atom. The first kappa shape index (κ1) is 24.8. The standard InChI is InChI=1S/C42H26N2S/c1-2-12-29(13-3-1)43-37-18-7-4-15-31(37)34-24-28(21-22-39(34)43)27-11-10-14-30(23-27)44-38-19-8-5-16-32(38)35-26-42-36(25-40(35)44)33-17-6-9-20-41(33)45-42/h1-26H. The van der Waals surface area contributed by atoms with E-state index < -0.39 is 0 Å². The second kappa shape index (κ2) is 9.43. The molecule has 0 saturated carbocycles. The van der Waals surface area contributed by atoms with Crippen LogP contribution in [0, 0.1) is 0 Å². The molecule has 210 valence electrons. The molecule has 7 aromatic carbocycles. The van der Waals surface area contributed by atoms with E-state index in [4.69, 9.17) is 0 Å². The number of para-hydroxylation sites is 3. The fraction of sp³-hybridized carbons (Fsp3) is 0. The van der Waals surface area contributed by atoms with Crippen molar-refractivity contribution >= 4 is 75.1 Å². The summed E-state index contributed by atoms with van der Waals surface area (Å²) in [5.41, 5.74) is 9.69. The zero-order chi connectivity index (χ0) is 29.5. The van der Waals surface area contributed by atoms with E-state index in [-0.39, 0.29) is 0 Å². The molecule has 0 atom stereocenters. The zero-order valence-electron chi connectivity index (χ0n) is 24.3. The highest BCUT2D eigenvalue weighted by atomic mass is 32.1. The second-order valence-electron chi connectivity index (χ2n) is 11.8. The largest absolute Gasteiger partial charge is 0.309 e. The van der Waals surface area contributed by atoms with Gasteiger partial charge in [-0.2, -0.15) is 0 Å². The van der Waals surface area contributed by atoms with E-state index in [1.54, 1.807) is 0 Å². The quantitative estimate of drug-likeness (QED) is 0.194. The molecule has 0 fully saturated rings. The van der Waals surface area contributed by atoms with E-state index in [9.17, 15) is 0 Å². The number of benzene rings is 7. The smallest absolute Gasteiger partial charge is 0.0548 e. The van der Waals surface area contributed by atoms with Gasteiger partial charge in [0, 0.05) is 53.1 Å². The Hall–Kier alpha value is -5.64. The van der Waals surface area contributed by atoms with Gasteiger partial charge in [0.2, 0.25) is 0 Å². The lowest BCUT2D eigenvalue weighted by Gasteiger charge is -2.11. The third-order valence-electron chi connectivity index (χ3n) is 9.30. The molecule has 0 radical (unpaired) electrons. The topological polar surface area (TPSA) is 9.86 Å². The SMILES string of the molecule is c1ccc(-n2c3ccccc3c3cc(-c4cccc(-n5c6ccccc6c6cc7sc8ccccc8c7cc65)c4)ccc32)cc1. The van der Waals surface area contributed by atoms with Gasteiger partial charge >= 0.3 is 0 Å². The Morgan fingerprint density at radius 1 is 0.311 bits per heavy atom. The third-order valence-corrected chi connectivity index (χ3v) is 10.4. The maximum atomic E-state index is 2.44. The van der Waals surface area contributed by atoms with Crippen LogP contribution in [0.15, 0.2) is 158 Å². The molecule has 10 rings (SSSR count). The predicted octanol–water partition coefficient (Wildman–Crippen LogP) is 11.9. The minimum atomic E-state index is 1.17. The van der Waals surface area contributed by atoms with Gasteiger partial charge in [-0.3, -0.25) is 0 Å². The molecule has 0 saturated heterocycles. The number of hydrogen-bond acceptors (Lipinski definition) is 1. The van der Waals surface area contributed by atoms with E-state index in [1.165, 1.54) is 86.3 Å². The summed E-state index contributed by atoms with van der Waals surface area (Å²) >= 11 is 1.88. The van der Waals surface area contributed by atoms with Crippen LogP contribution >= 0.6 is 11.3 Å². The number of rotatable bonds is 3. The van der Waals surface area contributed by atoms with Gasteiger partial charge in [0.05, 0.1) is 22.1 Å². The van der Waals surface area contributed by atoms with Crippen LogP contribution in [0.25, 0.3) is 86.3 Å². The summed E-state index contributed by atoms with van der Waals surface area (Å²) in [6, 6.07) is 57.7. The summed E-state index contributed by atoms with van der Waals surface area (Å²) in [6.07, 6.45) is 0. The first-order valence-corrected chi connectivity index (χ1v) is 16.2. The molecular weight excluding hydrogens is 565 g/mol. The van der Waals surface area contributed by atoms with E-state index in [1.807, 2.05) is 11.3 Å². The van der Waals surface area contributed by atoms with Crippen LogP contribution in [0.4, 0.5) is 0 Å². The zero-order valence-corrected chi connectivity index (χ0v) is 25.1. The highest BCUT2D eigenvalue weighted by Crippen LogP contribution is 2.41. The van der Waals surface area contributed by atoms with Crippen LogP contribution in [0.1, 0.15) is 0 Å². The summed E-state index contributed by atoms with van der Waals surface area (Å²) in [6.45, 7) is 0. The molecule has 0 aliphatic carbocycles. The maximum Gasteiger partial charge on any atom is 0.0548 e. The summed E-state index contributed by atoms with van der Waals surface area (Å²) in [5, 5.41) is 7.76. The predicted molar refractivity (Wildman–Crippen MR) is 193 cm³/mol. The first-order valence-electron chi connectivity index (χ1n) is 15.4. The minimum absolute atomic E-state index is 1.17. The van der Waals surface area contributed by atoms with E-state index in [0.29, 0.717) is 0 Å². The average Bonchev–Trinajstić information content (AvgIpc) is 3.74. The van der Waals surface area contributed by atoms with E-state index in [0.717, 1.165) is 0 Å². The Kier molecular flexibility index (Phi) is 5.19. The number of fused-ring (bicyclic) bond motifs is 9.